The second-order valence-electron chi connectivity index (χ2n) is 5.83. The molecule has 0 saturated carbocycles. The van der Waals surface area contributed by atoms with E-state index in [-0.39, 0.29) is 13.2 Å². The Morgan fingerprint density at radius 1 is 1.32 bits per heavy atom. The first-order chi connectivity index (χ1) is 12.0. The number of hydrogen-bond acceptors (Lipinski definition) is 6. The number of ether oxygens (including phenoxy) is 1. The van der Waals surface area contributed by atoms with Crippen molar-refractivity contribution in [1.82, 2.24) is 14.8 Å². The molecule has 2 unspecified atom stereocenters. The van der Waals surface area contributed by atoms with Crippen LogP contribution >= 0.6 is 0 Å². The van der Waals surface area contributed by atoms with Gasteiger partial charge in [0.25, 0.3) is 0 Å². The number of benzene rings is 1. The highest BCUT2D eigenvalue weighted by atomic mass is 32.2. The zero-order chi connectivity index (χ0) is 17.9. The van der Waals surface area contributed by atoms with Crippen LogP contribution in [0.25, 0.3) is 0 Å². The Morgan fingerprint density at radius 2 is 2.08 bits per heavy atom. The Bertz CT molecular complexity index is 796. The molecule has 134 valence electrons. The first-order valence-corrected chi connectivity index (χ1v) is 9.43. The van der Waals surface area contributed by atoms with Crippen LogP contribution in [-0.4, -0.2) is 44.5 Å². The van der Waals surface area contributed by atoms with Crippen molar-refractivity contribution in [2.45, 2.75) is 17.8 Å². The molecule has 0 spiro atoms. The lowest BCUT2D eigenvalue weighted by Crippen LogP contribution is -2.39. The lowest BCUT2D eigenvalue weighted by molar-refractivity contribution is -0.110. The summed E-state index contributed by atoms with van der Waals surface area (Å²) in [6.45, 7) is 0.307. The van der Waals surface area contributed by atoms with Gasteiger partial charge in [0, 0.05) is 26.0 Å². The van der Waals surface area contributed by atoms with Crippen LogP contribution in [0.1, 0.15) is 17.2 Å². The van der Waals surface area contributed by atoms with E-state index in [4.69, 9.17) is 9.57 Å². The third-order valence-electron chi connectivity index (χ3n) is 4.24. The van der Waals surface area contributed by atoms with Crippen LogP contribution in [0, 0.1) is 0 Å². The number of pyridine rings is 1. The third kappa shape index (κ3) is 3.98. The zero-order valence-corrected chi connectivity index (χ0v) is 14.9. The van der Waals surface area contributed by atoms with Crippen LogP contribution in [0.2, 0.25) is 0 Å². The molecule has 1 aliphatic rings. The summed E-state index contributed by atoms with van der Waals surface area (Å²) in [5, 5.41) is 0.887. The standard InChI is InChI=1S/C17H21N3O4S/c1-20-17(14-5-7-15(23-2)8-6-14)16(12-24-20)25(21,22)19-11-13-4-3-9-18-10-13/h3-10,16-17,19H,11-12H2,1-2H3. The van der Waals surface area contributed by atoms with Crippen molar-refractivity contribution in [2.75, 3.05) is 20.8 Å². The van der Waals surface area contributed by atoms with Crippen molar-refractivity contribution in [3.8, 4) is 5.75 Å². The van der Waals surface area contributed by atoms with Gasteiger partial charge in [0.1, 0.15) is 11.0 Å². The van der Waals surface area contributed by atoms with Gasteiger partial charge in [-0.3, -0.25) is 9.82 Å². The van der Waals surface area contributed by atoms with E-state index in [2.05, 4.69) is 9.71 Å². The second kappa shape index (κ2) is 7.49. The van der Waals surface area contributed by atoms with Crippen LogP contribution in [0.4, 0.5) is 0 Å². The van der Waals surface area contributed by atoms with Gasteiger partial charge in [-0.2, -0.15) is 5.06 Å². The second-order valence-corrected chi connectivity index (χ2v) is 7.81. The van der Waals surface area contributed by atoms with Gasteiger partial charge in [-0.1, -0.05) is 18.2 Å². The predicted octanol–water partition coefficient (Wildman–Crippen LogP) is 1.50. The summed E-state index contributed by atoms with van der Waals surface area (Å²) in [6, 6.07) is 10.6. The zero-order valence-electron chi connectivity index (χ0n) is 14.1. The maximum absolute atomic E-state index is 12.8. The van der Waals surface area contributed by atoms with Gasteiger partial charge in [-0.05, 0) is 29.3 Å². The fourth-order valence-electron chi connectivity index (χ4n) is 2.88. The normalized spacial score (nSPS) is 21.4. The topological polar surface area (TPSA) is 80.8 Å². The molecule has 8 heteroatoms. The van der Waals surface area contributed by atoms with Gasteiger partial charge < -0.3 is 4.74 Å². The molecule has 25 heavy (non-hydrogen) atoms. The van der Waals surface area contributed by atoms with Crippen molar-refractivity contribution in [2.24, 2.45) is 0 Å². The van der Waals surface area contributed by atoms with E-state index in [1.165, 1.54) is 0 Å². The number of rotatable bonds is 6. The molecular formula is C17H21N3O4S. The Kier molecular flexibility index (Phi) is 5.33. The number of hydroxylamine groups is 2. The number of nitrogens with zero attached hydrogens (tertiary/aromatic N) is 2. The molecule has 1 N–H and O–H groups in total. The Morgan fingerprint density at radius 3 is 2.72 bits per heavy atom. The summed E-state index contributed by atoms with van der Waals surface area (Å²) in [4.78, 5) is 9.49. The summed E-state index contributed by atoms with van der Waals surface area (Å²) in [7, 11) is -0.246. The van der Waals surface area contributed by atoms with Crippen molar-refractivity contribution < 1.29 is 18.0 Å². The van der Waals surface area contributed by atoms with Crippen LogP contribution in [0.15, 0.2) is 48.8 Å². The van der Waals surface area contributed by atoms with E-state index < -0.39 is 21.3 Å². The molecule has 2 aromatic rings. The average Bonchev–Trinajstić information content (AvgIpc) is 3.03. The molecule has 2 heterocycles. The molecule has 7 nitrogen and oxygen atoms in total. The monoisotopic (exact) mass is 363 g/mol. The molecule has 1 aromatic carbocycles. The summed E-state index contributed by atoms with van der Waals surface area (Å²) in [5.74, 6) is 0.722. The first-order valence-electron chi connectivity index (χ1n) is 7.88. The third-order valence-corrected chi connectivity index (χ3v) is 5.98. The van der Waals surface area contributed by atoms with Crippen LogP contribution in [0.5, 0.6) is 5.75 Å². The van der Waals surface area contributed by atoms with E-state index in [0.717, 1.165) is 16.9 Å². The largest absolute Gasteiger partial charge is 0.497 e. The van der Waals surface area contributed by atoms with E-state index in [9.17, 15) is 8.42 Å². The SMILES string of the molecule is COc1ccc(C2C(S(=O)(=O)NCc3cccnc3)CON2C)cc1. The number of nitrogens with one attached hydrogen (secondary N) is 1. The minimum absolute atomic E-state index is 0.107. The van der Waals surface area contributed by atoms with Gasteiger partial charge in [-0.15, -0.1) is 0 Å². The summed E-state index contributed by atoms with van der Waals surface area (Å²) in [6.07, 6.45) is 3.29. The molecule has 1 aromatic heterocycles. The Balaban J connectivity index is 1.78. The van der Waals surface area contributed by atoms with Crippen LogP contribution in [-0.2, 0) is 21.4 Å². The molecule has 1 saturated heterocycles. The molecule has 1 fully saturated rings. The summed E-state index contributed by atoms with van der Waals surface area (Å²) in [5.41, 5.74) is 1.66. The van der Waals surface area contributed by atoms with Gasteiger partial charge in [0.05, 0.1) is 19.8 Å². The highest BCUT2D eigenvalue weighted by molar-refractivity contribution is 7.90. The smallest absolute Gasteiger partial charge is 0.219 e. The summed E-state index contributed by atoms with van der Waals surface area (Å²) >= 11 is 0. The fraction of sp³-hybridized carbons (Fsp3) is 0.353. The van der Waals surface area contributed by atoms with Crippen molar-refractivity contribution in [3.05, 3.63) is 59.9 Å². The number of sulfonamides is 1. The lowest BCUT2D eigenvalue weighted by Gasteiger charge is -2.23. The van der Waals surface area contributed by atoms with Gasteiger partial charge >= 0.3 is 0 Å². The molecule has 1 aliphatic heterocycles. The first kappa shape index (κ1) is 17.8. The van der Waals surface area contributed by atoms with Crippen molar-refractivity contribution >= 4 is 10.0 Å². The molecule has 0 aliphatic carbocycles. The van der Waals surface area contributed by atoms with Gasteiger partial charge in [0.2, 0.25) is 10.0 Å². The predicted molar refractivity (Wildman–Crippen MR) is 93.2 cm³/mol. The number of aromatic nitrogens is 1. The quantitative estimate of drug-likeness (QED) is 0.838. The number of methoxy groups -OCH3 is 1. The molecule has 0 radical (unpaired) electrons. The Hall–Kier alpha value is -2.00. The fourth-order valence-corrected chi connectivity index (χ4v) is 4.37. The molecule has 0 amide bonds. The maximum Gasteiger partial charge on any atom is 0.219 e. The Labute approximate surface area is 147 Å². The van der Waals surface area contributed by atoms with Crippen molar-refractivity contribution in [3.63, 3.8) is 0 Å². The van der Waals surface area contributed by atoms with Crippen LogP contribution in [0.3, 0.4) is 0 Å². The average molecular weight is 363 g/mol. The highest BCUT2D eigenvalue weighted by Gasteiger charge is 2.43. The highest BCUT2D eigenvalue weighted by Crippen LogP contribution is 2.34. The van der Waals surface area contributed by atoms with E-state index in [1.54, 1.807) is 37.7 Å². The molecule has 0 bridgehead atoms. The molecule has 3 rings (SSSR count). The van der Waals surface area contributed by atoms with Crippen LogP contribution < -0.4 is 9.46 Å². The minimum atomic E-state index is -3.58. The minimum Gasteiger partial charge on any atom is -0.497 e. The lowest BCUT2D eigenvalue weighted by atomic mass is 10.0. The number of hydrogen-bond donors (Lipinski definition) is 1. The molecular weight excluding hydrogens is 342 g/mol. The van der Waals surface area contributed by atoms with E-state index in [1.807, 2.05) is 30.3 Å². The van der Waals surface area contributed by atoms with Crippen molar-refractivity contribution in [1.29, 1.82) is 0 Å². The molecule has 2 atom stereocenters. The van der Waals surface area contributed by atoms with Gasteiger partial charge in [-0.25, -0.2) is 13.1 Å². The van der Waals surface area contributed by atoms with E-state index >= 15 is 0 Å². The maximum atomic E-state index is 12.8. The van der Waals surface area contributed by atoms with Gasteiger partial charge in [0.15, 0.2) is 0 Å². The summed E-state index contributed by atoms with van der Waals surface area (Å²) < 4.78 is 33.4. The van der Waals surface area contributed by atoms with E-state index in [0.29, 0.717) is 0 Å².